The lowest BCUT2D eigenvalue weighted by Crippen LogP contribution is -1.96. The minimum Gasteiger partial charge on any atom is -0.404 e. The number of aryl methyl sites for hydroxylation is 2. The summed E-state index contributed by atoms with van der Waals surface area (Å²) in [6.07, 6.45) is 0. The topological polar surface area (TPSA) is 56.3 Å². The second-order valence-corrected chi connectivity index (χ2v) is 6.02. The minimum absolute atomic E-state index is 0.201. The highest BCUT2D eigenvalue weighted by Gasteiger charge is 2.21. The van der Waals surface area contributed by atoms with Crippen molar-refractivity contribution in [1.82, 2.24) is 0 Å². The van der Waals surface area contributed by atoms with Crippen molar-refractivity contribution in [3.63, 3.8) is 0 Å². The molecule has 0 saturated carbocycles. The summed E-state index contributed by atoms with van der Waals surface area (Å²) in [5.41, 5.74) is 3.22. The van der Waals surface area contributed by atoms with E-state index in [1.807, 2.05) is 26.0 Å². The first kappa shape index (κ1) is 14.3. The quantitative estimate of drug-likeness (QED) is 0.420. The van der Waals surface area contributed by atoms with Gasteiger partial charge in [-0.1, -0.05) is 37.9 Å². The van der Waals surface area contributed by atoms with Gasteiger partial charge in [0.05, 0.1) is 10.9 Å². The van der Waals surface area contributed by atoms with Gasteiger partial charge >= 0.3 is 5.88 Å². The summed E-state index contributed by atoms with van der Waals surface area (Å²) in [4.78, 5) is 9.89. The molecule has 1 aromatic carbocycles. The van der Waals surface area contributed by atoms with E-state index in [9.17, 15) is 10.1 Å². The maximum absolute atomic E-state index is 10.6. The first-order valence-electron chi connectivity index (χ1n) is 5.55. The summed E-state index contributed by atoms with van der Waals surface area (Å²) in [5.74, 6) is 0.280. The number of hydrogen-bond acceptors (Lipinski definition) is 3. The molecule has 6 heteroatoms. The Morgan fingerprint density at radius 3 is 2.53 bits per heavy atom. The van der Waals surface area contributed by atoms with Crippen LogP contribution in [0.3, 0.4) is 0 Å². The Balaban J connectivity index is 2.40. The molecule has 4 nitrogen and oxygen atoms in total. The largest absolute Gasteiger partial charge is 0.433 e. The SMILES string of the molecule is Cc1cc(C(Br)c2ccc([N+](=O)[O-])o2)c(C)cc1Br. The Bertz CT molecular complexity index is 637. The Hall–Kier alpha value is -1.14. The van der Waals surface area contributed by atoms with Crippen molar-refractivity contribution in [2.24, 2.45) is 0 Å². The summed E-state index contributed by atoms with van der Waals surface area (Å²) < 4.78 is 6.27. The van der Waals surface area contributed by atoms with E-state index >= 15 is 0 Å². The number of nitrogens with zero attached hydrogens (tertiary/aromatic N) is 1. The molecular formula is C13H11Br2NO3. The monoisotopic (exact) mass is 387 g/mol. The fourth-order valence-corrected chi connectivity index (χ4v) is 3.00. The predicted molar refractivity (Wildman–Crippen MR) is 79.7 cm³/mol. The van der Waals surface area contributed by atoms with Gasteiger partial charge in [-0.2, -0.15) is 0 Å². The van der Waals surface area contributed by atoms with E-state index < -0.39 is 4.92 Å². The third-order valence-electron chi connectivity index (χ3n) is 2.86. The Labute approximate surface area is 127 Å². The molecule has 0 amide bonds. The Kier molecular flexibility index (Phi) is 4.10. The van der Waals surface area contributed by atoms with Crippen LogP contribution < -0.4 is 0 Å². The number of furan rings is 1. The van der Waals surface area contributed by atoms with Crippen molar-refractivity contribution < 1.29 is 9.34 Å². The second-order valence-electron chi connectivity index (χ2n) is 4.25. The maximum Gasteiger partial charge on any atom is 0.433 e. The second kappa shape index (κ2) is 5.46. The molecule has 0 aliphatic heterocycles. The molecule has 0 aliphatic carbocycles. The Morgan fingerprint density at radius 2 is 1.95 bits per heavy atom. The van der Waals surface area contributed by atoms with E-state index in [4.69, 9.17) is 4.42 Å². The van der Waals surface area contributed by atoms with Gasteiger partial charge in [0, 0.05) is 4.47 Å². The lowest BCUT2D eigenvalue weighted by molar-refractivity contribution is -0.402. The highest BCUT2D eigenvalue weighted by molar-refractivity contribution is 9.10. The van der Waals surface area contributed by atoms with Crippen LogP contribution in [-0.2, 0) is 0 Å². The number of rotatable bonds is 3. The first-order valence-corrected chi connectivity index (χ1v) is 7.26. The maximum atomic E-state index is 10.6. The van der Waals surface area contributed by atoms with E-state index in [1.54, 1.807) is 6.07 Å². The number of benzene rings is 1. The van der Waals surface area contributed by atoms with Crippen LogP contribution in [0, 0.1) is 24.0 Å². The van der Waals surface area contributed by atoms with Crippen LogP contribution in [0.4, 0.5) is 5.88 Å². The molecule has 100 valence electrons. The van der Waals surface area contributed by atoms with E-state index in [0.29, 0.717) is 5.76 Å². The summed E-state index contributed by atoms with van der Waals surface area (Å²) >= 11 is 7.02. The molecule has 0 N–H and O–H groups in total. The molecule has 1 aromatic heterocycles. The molecule has 0 saturated heterocycles. The fraction of sp³-hybridized carbons (Fsp3) is 0.231. The van der Waals surface area contributed by atoms with E-state index in [-0.39, 0.29) is 10.7 Å². The number of hydrogen-bond donors (Lipinski definition) is 0. The Morgan fingerprint density at radius 1 is 1.26 bits per heavy atom. The van der Waals surface area contributed by atoms with Gasteiger partial charge < -0.3 is 4.42 Å². The van der Waals surface area contributed by atoms with E-state index in [2.05, 4.69) is 31.9 Å². The zero-order chi connectivity index (χ0) is 14.2. The standard InChI is InChI=1S/C13H11Br2NO3/c1-7-6-10(14)8(2)5-9(7)13(15)11-3-4-12(19-11)16(17)18/h3-6,13H,1-2H3. The third-order valence-corrected chi connectivity index (χ3v) is 4.66. The van der Waals surface area contributed by atoms with Gasteiger partial charge in [-0.05, 0) is 42.7 Å². The molecule has 1 unspecified atom stereocenters. The van der Waals surface area contributed by atoms with Crippen LogP contribution in [0.5, 0.6) is 0 Å². The van der Waals surface area contributed by atoms with Gasteiger partial charge in [0.25, 0.3) is 0 Å². The van der Waals surface area contributed by atoms with Crippen molar-refractivity contribution in [3.05, 3.63) is 61.3 Å². The fourth-order valence-electron chi connectivity index (χ4n) is 1.81. The lowest BCUT2D eigenvalue weighted by Gasteiger charge is -2.12. The molecule has 1 heterocycles. The van der Waals surface area contributed by atoms with Gasteiger partial charge in [0.15, 0.2) is 0 Å². The van der Waals surface area contributed by atoms with Crippen molar-refractivity contribution in [2.45, 2.75) is 18.7 Å². The molecule has 0 radical (unpaired) electrons. The summed E-state index contributed by atoms with van der Waals surface area (Å²) in [7, 11) is 0. The van der Waals surface area contributed by atoms with Crippen LogP contribution in [0.25, 0.3) is 0 Å². The van der Waals surface area contributed by atoms with Crippen molar-refractivity contribution in [3.8, 4) is 0 Å². The molecule has 0 bridgehead atoms. The predicted octanol–water partition coefficient (Wildman–Crippen LogP) is 5.05. The lowest BCUT2D eigenvalue weighted by atomic mass is 10.0. The van der Waals surface area contributed by atoms with E-state index in [0.717, 1.165) is 21.2 Å². The highest BCUT2D eigenvalue weighted by Crippen LogP contribution is 2.37. The average molecular weight is 389 g/mol. The third kappa shape index (κ3) is 2.90. The van der Waals surface area contributed by atoms with Crippen LogP contribution in [0.1, 0.15) is 27.3 Å². The molecule has 0 fully saturated rings. The molecule has 0 aliphatic rings. The van der Waals surface area contributed by atoms with Gasteiger partial charge in [0.2, 0.25) is 0 Å². The smallest absolute Gasteiger partial charge is 0.404 e. The van der Waals surface area contributed by atoms with Gasteiger partial charge in [-0.15, -0.1) is 0 Å². The van der Waals surface area contributed by atoms with Crippen molar-refractivity contribution in [2.75, 3.05) is 0 Å². The minimum atomic E-state index is -0.539. The molecule has 2 aromatic rings. The molecular weight excluding hydrogens is 378 g/mol. The molecule has 0 spiro atoms. The number of nitro groups is 1. The number of halogens is 2. The zero-order valence-corrected chi connectivity index (χ0v) is 13.5. The van der Waals surface area contributed by atoms with Gasteiger partial charge in [-0.3, -0.25) is 10.1 Å². The molecule has 1 atom stereocenters. The summed E-state index contributed by atoms with van der Waals surface area (Å²) in [6, 6.07) is 7.04. The van der Waals surface area contributed by atoms with Crippen LogP contribution in [-0.4, -0.2) is 4.92 Å². The van der Waals surface area contributed by atoms with Gasteiger partial charge in [-0.25, -0.2) is 0 Å². The normalized spacial score (nSPS) is 12.4. The molecule has 19 heavy (non-hydrogen) atoms. The zero-order valence-electron chi connectivity index (χ0n) is 10.3. The van der Waals surface area contributed by atoms with Gasteiger partial charge in [0.1, 0.15) is 10.7 Å². The van der Waals surface area contributed by atoms with Crippen LogP contribution >= 0.6 is 31.9 Å². The summed E-state index contributed by atoms with van der Waals surface area (Å²) in [6.45, 7) is 3.99. The molecule has 2 rings (SSSR count). The van der Waals surface area contributed by atoms with Crippen molar-refractivity contribution >= 4 is 37.7 Å². The average Bonchev–Trinajstić information content (AvgIpc) is 2.82. The van der Waals surface area contributed by atoms with E-state index in [1.165, 1.54) is 6.07 Å². The number of alkyl halides is 1. The first-order chi connectivity index (χ1) is 8.90. The van der Waals surface area contributed by atoms with Crippen LogP contribution in [0.2, 0.25) is 0 Å². The van der Waals surface area contributed by atoms with Crippen molar-refractivity contribution in [1.29, 1.82) is 0 Å². The summed E-state index contributed by atoms with van der Waals surface area (Å²) in [5, 5.41) is 10.6. The highest BCUT2D eigenvalue weighted by atomic mass is 79.9. The van der Waals surface area contributed by atoms with Crippen LogP contribution in [0.15, 0.2) is 33.2 Å².